The molecule has 3 heterocycles. The highest BCUT2D eigenvalue weighted by atomic mass is 16.1. The fourth-order valence-corrected chi connectivity index (χ4v) is 3.02. The third kappa shape index (κ3) is 3.06. The van der Waals surface area contributed by atoms with Gasteiger partial charge in [0.15, 0.2) is 0 Å². The summed E-state index contributed by atoms with van der Waals surface area (Å²) in [5, 5.41) is 5.42. The molecule has 4 aromatic rings. The molecule has 7 nitrogen and oxygen atoms in total. The Morgan fingerprint density at radius 2 is 2.00 bits per heavy atom. The zero-order chi connectivity index (χ0) is 17.9. The number of carbonyl (C=O) groups excluding carboxylic acids is 1. The Morgan fingerprint density at radius 1 is 1.12 bits per heavy atom. The fraction of sp³-hybridized carbons (Fsp3) is 0.158. The van der Waals surface area contributed by atoms with Crippen LogP contribution in [-0.4, -0.2) is 30.2 Å². The first-order valence-electron chi connectivity index (χ1n) is 8.41. The zero-order valence-electron chi connectivity index (χ0n) is 14.1. The van der Waals surface area contributed by atoms with Crippen LogP contribution in [-0.2, 0) is 11.3 Å². The van der Waals surface area contributed by atoms with Gasteiger partial charge in [0, 0.05) is 48.7 Å². The number of aryl methyl sites for hydroxylation is 1. The molecule has 7 heteroatoms. The number of hydrogen-bond acceptors (Lipinski definition) is 4. The number of para-hydroxylation sites is 1. The summed E-state index contributed by atoms with van der Waals surface area (Å²) in [6, 6.07) is 9.98. The van der Waals surface area contributed by atoms with Crippen molar-refractivity contribution in [3.63, 3.8) is 0 Å². The molecule has 0 aliphatic heterocycles. The van der Waals surface area contributed by atoms with E-state index >= 15 is 0 Å². The number of aromatic nitrogens is 5. The molecule has 2 N–H and O–H groups in total. The minimum absolute atomic E-state index is 0.293. The van der Waals surface area contributed by atoms with Gasteiger partial charge in [0.05, 0.1) is 17.4 Å². The average Bonchev–Trinajstić information content (AvgIpc) is 3.30. The summed E-state index contributed by atoms with van der Waals surface area (Å²) in [6.07, 6.45) is 10.2. The van der Waals surface area contributed by atoms with E-state index in [2.05, 4.69) is 15.1 Å². The molecule has 0 unspecified atom stereocenters. The maximum Gasteiger partial charge on any atom is 0.217 e. The minimum atomic E-state index is -0.293. The van der Waals surface area contributed by atoms with Crippen molar-refractivity contribution in [1.82, 2.24) is 24.3 Å². The second-order valence-electron chi connectivity index (χ2n) is 6.03. The van der Waals surface area contributed by atoms with Gasteiger partial charge in [-0.3, -0.25) is 19.0 Å². The third-order valence-electron chi connectivity index (χ3n) is 4.24. The first-order valence-corrected chi connectivity index (χ1v) is 8.41. The molecule has 0 bridgehead atoms. The number of amides is 1. The van der Waals surface area contributed by atoms with Gasteiger partial charge < -0.3 is 5.73 Å². The summed E-state index contributed by atoms with van der Waals surface area (Å²) in [5.74, 6) is 0.541. The topological polar surface area (TPSA) is 91.6 Å². The van der Waals surface area contributed by atoms with Crippen LogP contribution in [0.2, 0.25) is 0 Å². The molecule has 0 saturated carbocycles. The summed E-state index contributed by atoms with van der Waals surface area (Å²) in [7, 11) is 0. The molecule has 0 aliphatic rings. The van der Waals surface area contributed by atoms with E-state index in [9.17, 15) is 4.79 Å². The molecule has 0 saturated heterocycles. The summed E-state index contributed by atoms with van der Waals surface area (Å²) in [6.45, 7) is 0.644. The monoisotopic (exact) mass is 346 g/mol. The maximum absolute atomic E-state index is 10.9. The summed E-state index contributed by atoms with van der Waals surface area (Å²) >= 11 is 0. The Morgan fingerprint density at radius 3 is 2.88 bits per heavy atom. The summed E-state index contributed by atoms with van der Waals surface area (Å²) in [5.41, 5.74) is 8.04. The lowest BCUT2D eigenvalue weighted by atomic mass is 10.1. The Bertz CT molecular complexity index is 1060. The van der Waals surface area contributed by atoms with Crippen LogP contribution in [0, 0.1) is 0 Å². The average molecular weight is 346 g/mol. The normalized spacial score (nSPS) is 11.1. The predicted molar refractivity (Wildman–Crippen MR) is 98.5 cm³/mol. The number of primary amides is 1. The molecule has 0 atom stereocenters. The number of nitrogens with zero attached hydrogens (tertiary/aromatic N) is 5. The van der Waals surface area contributed by atoms with Crippen LogP contribution >= 0.6 is 0 Å². The van der Waals surface area contributed by atoms with E-state index in [1.165, 1.54) is 0 Å². The highest BCUT2D eigenvalue weighted by molar-refractivity contribution is 5.92. The van der Waals surface area contributed by atoms with Crippen LogP contribution in [0.1, 0.15) is 12.8 Å². The third-order valence-corrected chi connectivity index (χ3v) is 4.24. The summed E-state index contributed by atoms with van der Waals surface area (Å²) in [4.78, 5) is 19.8. The quantitative estimate of drug-likeness (QED) is 0.581. The Hall–Kier alpha value is -3.48. The van der Waals surface area contributed by atoms with Crippen molar-refractivity contribution in [1.29, 1.82) is 0 Å². The molecule has 1 amide bonds. The number of fused-ring (bicyclic) bond motifs is 1. The molecule has 1 aromatic carbocycles. The second kappa shape index (κ2) is 6.79. The number of rotatable bonds is 6. The van der Waals surface area contributed by atoms with E-state index in [1.54, 1.807) is 18.6 Å². The van der Waals surface area contributed by atoms with E-state index in [0.29, 0.717) is 19.4 Å². The van der Waals surface area contributed by atoms with Gasteiger partial charge in [0.25, 0.3) is 0 Å². The predicted octanol–water partition coefficient (Wildman–Crippen LogP) is 2.55. The smallest absolute Gasteiger partial charge is 0.217 e. The highest BCUT2D eigenvalue weighted by Gasteiger charge is 2.12. The molecule has 0 fully saturated rings. The Balaban J connectivity index is 1.67. The van der Waals surface area contributed by atoms with Gasteiger partial charge in [-0.2, -0.15) is 5.10 Å². The van der Waals surface area contributed by atoms with E-state index in [1.807, 2.05) is 52.0 Å². The largest absolute Gasteiger partial charge is 0.370 e. The van der Waals surface area contributed by atoms with Crippen molar-refractivity contribution in [2.45, 2.75) is 19.4 Å². The van der Waals surface area contributed by atoms with Crippen LogP contribution in [0.25, 0.3) is 28.0 Å². The van der Waals surface area contributed by atoms with Crippen molar-refractivity contribution in [3.05, 3.63) is 61.3 Å². The standard InChI is InChI=1S/C19H18N6O/c20-18(26)6-3-10-24-13-14(12-23-24)25-11-9-22-19(25)16-7-8-21-17-5-2-1-4-15(16)17/h1-2,4-5,7-9,11-13H,3,6,10H2,(H2,20,26). The SMILES string of the molecule is NC(=O)CCCn1cc(-n2ccnc2-c2ccnc3ccccc23)cn1. The van der Waals surface area contributed by atoms with Crippen LogP contribution in [0.3, 0.4) is 0 Å². The van der Waals surface area contributed by atoms with Gasteiger partial charge in [0.1, 0.15) is 5.82 Å². The number of imidazole rings is 1. The van der Waals surface area contributed by atoms with E-state index in [4.69, 9.17) is 5.73 Å². The van der Waals surface area contributed by atoms with Crippen LogP contribution in [0.5, 0.6) is 0 Å². The number of hydrogen-bond donors (Lipinski definition) is 1. The Kier molecular flexibility index (Phi) is 4.18. The minimum Gasteiger partial charge on any atom is -0.370 e. The van der Waals surface area contributed by atoms with Crippen molar-refractivity contribution in [3.8, 4) is 17.1 Å². The molecule has 0 radical (unpaired) electrons. The molecular weight excluding hydrogens is 328 g/mol. The van der Waals surface area contributed by atoms with Gasteiger partial charge in [-0.1, -0.05) is 18.2 Å². The molecule has 3 aromatic heterocycles. The van der Waals surface area contributed by atoms with Crippen molar-refractivity contribution in [2.24, 2.45) is 5.73 Å². The van der Waals surface area contributed by atoms with Gasteiger partial charge >= 0.3 is 0 Å². The molecule has 0 aliphatic carbocycles. The van der Waals surface area contributed by atoms with E-state index in [0.717, 1.165) is 28.0 Å². The molecular formula is C19H18N6O. The van der Waals surface area contributed by atoms with Crippen LogP contribution in [0.15, 0.2) is 61.3 Å². The zero-order valence-corrected chi connectivity index (χ0v) is 14.1. The number of nitrogens with two attached hydrogens (primary N) is 1. The van der Waals surface area contributed by atoms with Gasteiger partial charge in [0.2, 0.25) is 5.91 Å². The van der Waals surface area contributed by atoms with Gasteiger partial charge in [-0.15, -0.1) is 0 Å². The first-order chi connectivity index (χ1) is 12.7. The number of carbonyl (C=O) groups is 1. The van der Waals surface area contributed by atoms with Crippen LogP contribution in [0.4, 0.5) is 0 Å². The lowest BCUT2D eigenvalue weighted by molar-refractivity contribution is -0.118. The van der Waals surface area contributed by atoms with Gasteiger partial charge in [-0.05, 0) is 18.6 Å². The lowest BCUT2D eigenvalue weighted by Gasteiger charge is -2.08. The Labute approximate surface area is 150 Å². The first kappa shape index (κ1) is 16.0. The van der Waals surface area contributed by atoms with Crippen molar-refractivity contribution >= 4 is 16.8 Å². The summed E-state index contributed by atoms with van der Waals surface area (Å²) < 4.78 is 3.81. The van der Waals surface area contributed by atoms with Gasteiger partial charge in [-0.25, -0.2) is 4.98 Å². The number of benzene rings is 1. The van der Waals surface area contributed by atoms with Crippen LogP contribution < -0.4 is 5.73 Å². The van der Waals surface area contributed by atoms with Crippen molar-refractivity contribution in [2.75, 3.05) is 0 Å². The van der Waals surface area contributed by atoms with Crippen molar-refractivity contribution < 1.29 is 4.79 Å². The van der Waals surface area contributed by atoms with E-state index < -0.39 is 0 Å². The fourth-order valence-electron chi connectivity index (χ4n) is 3.02. The van der Waals surface area contributed by atoms with E-state index in [-0.39, 0.29) is 5.91 Å². The second-order valence-corrected chi connectivity index (χ2v) is 6.03. The molecule has 0 spiro atoms. The number of pyridine rings is 1. The molecule has 130 valence electrons. The lowest BCUT2D eigenvalue weighted by Crippen LogP contribution is -2.11. The molecule has 4 rings (SSSR count). The highest BCUT2D eigenvalue weighted by Crippen LogP contribution is 2.27. The maximum atomic E-state index is 10.9. The molecule has 26 heavy (non-hydrogen) atoms.